The average molecular weight is 321 g/mol. The Hall–Kier alpha value is -2.95. The Balaban J connectivity index is 1.93. The second-order valence-electron chi connectivity index (χ2n) is 5.93. The van der Waals surface area contributed by atoms with Crippen molar-refractivity contribution >= 4 is 12.1 Å². The molecular formula is C19H16FN3O. The molecule has 0 radical (unpaired) electrons. The summed E-state index contributed by atoms with van der Waals surface area (Å²) in [6.07, 6.45) is 2.55. The van der Waals surface area contributed by atoms with Gasteiger partial charge in [0.1, 0.15) is 5.82 Å². The van der Waals surface area contributed by atoms with Crippen molar-refractivity contribution in [3.63, 3.8) is 0 Å². The van der Waals surface area contributed by atoms with Gasteiger partial charge in [0.25, 0.3) is 0 Å². The lowest BCUT2D eigenvalue weighted by Crippen LogP contribution is -2.08. The zero-order valence-electron chi connectivity index (χ0n) is 13.2. The van der Waals surface area contributed by atoms with Crippen molar-refractivity contribution in [1.29, 1.82) is 0 Å². The molecule has 0 atom stereocenters. The molecule has 1 amide bonds. The molecule has 4 nitrogen and oxygen atoms in total. The largest absolute Gasteiger partial charge is 0.329 e. The van der Waals surface area contributed by atoms with Crippen LogP contribution in [0.5, 0.6) is 0 Å². The van der Waals surface area contributed by atoms with E-state index >= 15 is 0 Å². The Labute approximate surface area is 138 Å². The first-order valence-electron chi connectivity index (χ1n) is 7.85. The Kier molecular flexibility index (Phi) is 3.41. The highest BCUT2D eigenvalue weighted by Gasteiger charge is 2.24. The number of carbonyl (C=O) groups excluding carboxylic acids is 1. The van der Waals surface area contributed by atoms with E-state index in [9.17, 15) is 9.18 Å². The van der Waals surface area contributed by atoms with Gasteiger partial charge in [-0.15, -0.1) is 0 Å². The molecule has 5 heteroatoms. The Morgan fingerprint density at radius 1 is 1.17 bits per heavy atom. The van der Waals surface area contributed by atoms with Gasteiger partial charge in [0.05, 0.1) is 17.1 Å². The monoisotopic (exact) mass is 321 g/mol. The highest BCUT2D eigenvalue weighted by Crippen LogP contribution is 2.38. The molecule has 0 spiro atoms. The quantitative estimate of drug-likeness (QED) is 0.749. The SMILES string of the molecule is Cc1nn(-c2ccc(F)cc2)c2c1CCc1ccc(NC=O)cc1-2. The van der Waals surface area contributed by atoms with Gasteiger partial charge in [-0.1, -0.05) is 6.07 Å². The number of aromatic nitrogens is 2. The molecular weight excluding hydrogens is 305 g/mol. The lowest BCUT2D eigenvalue weighted by atomic mass is 9.88. The van der Waals surface area contributed by atoms with E-state index in [0.29, 0.717) is 6.41 Å². The molecule has 1 aliphatic rings. The molecule has 1 heterocycles. The third kappa shape index (κ3) is 2.29. The molecule has 1 aromatic heterocycles. The molecule has 0 fully saturated rings. The minimum absolute atomic E-state index is 0.269. The van der Waals surface area contributed by atoms with Crippen molar-refractivity contribution in [3.05, 3.63) is 65.1 Å². The number of fused-ring (bicyclic) bond motifs is 3. The van der Waals surface area contributed by atoms with E-state index in [-0.39, 0.29) is 5.82 Å². The van der Waals surface area contributed by atoms with Crippen LogP contribution in [0.4, 0.5) is 10.1 Å². The second kappa shape index (κ2) is 5.60. The minimum Gasteiger partial charge on any atom is -0.329 e. The molecule has 1 aliphatic carbocycles. The van der Waals surface area contributed by atoms with E-state index in [1.54, 1.807) is 12.1 Å². The summed E-state index contributed by atoms with van der Waals surface area (Å²) >= 11 is 0. The first kappa shape index (κ1) is 14.6. The molecule has 0 bridgehead atoms. The van der Waals surface area contributed by atoms with Crippen molar-refractivity contribution in [2.75, 3.05) is 5.32 Å². The number of aryl methyl sites for hydroxylation is 2. The van der Waals surface area contributed by atoms with Crippen LogP contribution >= 0.6 is 0 Å². The number of hydrogen-bond acceptors (Lipinski definition) is 2. The molecule has 3 aromatic rings. The van der Waals surface area contributed by atoms with E-state index in [1.165, 1.54) is 23.3 Å². The van der Waals surface area contributed by atoms with Crippen LogP contribution < -0.4 is 5.32 Å². The third-order valence-electron chi connectivity index (χ3n) is 4.49. The Morgan fingerprint density at radius 3 is 2.71 bits per heavy atom. The van der Waals surface area contributed by atoms with E-state index in [0.717, 1.165) is 41.2 Å². The standard InChI is InChI=1S/C19H16FN3O/c1-12-17-9-3-13-2-6-15(21-11-24)10-18(13)19(17)23(22-12)16-7-4-14(20)5-8-16/h2,4-8,10-11H,3,9H2,1H3,(H,21,24). The number of nitrogens with zero attached hydrogens (tertiary/aromatic N) is 2. The maximum atomic E-state index is 13.3. The number of anilines is 1. The first-order chi connectivity index (χ1) is 11.7. The van der Waals surface area contributed by atoms with Gasteiger partial charge in [0, 0.05) is 16.8 Å². The highest BCUT2D eigenvalue weighted by atomic mass is 19.1. The molecule has 24 heavy (non-hydrogen) atoms. The van der Waals surface area contributed by atoms with Crippen LogP contribution in [0, 0.1) is 12.7 Å². The normalized spacial score (nSPS) is 12.4. The molecule has 1 N–H and O–H groups in total. The van der Waals surface area contributed by atoms with Gasteiger partial charge in [-0.05, 0) is 61.7 Å². The summed E-state index contributed by atoms with van der Waals surface area (Å²) < 4.78 is 15.1. The van der Waals surface area contributed by atoms with Crippen LogP contribution in [0.2, 0.25) is 0 Å². The number of amides is 1. The molecule has 4 rings (SSSR count). The average Bonchev–Trinajstić information content (AvgIpc) is 2.93. The van der Waals surface area contributed by atoms with Gasteiger partial charge >= 0.3 is 0 Å². The smallest absolute Gasteiger partial charge is 0.211 e. The van der Waals surface area contributed by atoms with E-state index in [1.807, 2.05) is 29.8 Å². The van der Waals surface area contributed by atoms with Crippen molar-refractivity contribution < 1.29 is 9.18 Å². The van der Waals surface area contributed by atoms with Gasteiger partial charge in [0.2, 0.25) is 6.41 Å². The molecule has 0 saturated heterocycles. The lowest BCUT2D eigenvalue weighted by Gasteiger charge is -2.19. The maximum Gasteiger partial charge on any atom is 0.211 e. The van der Waals surface area contributed by atoms with E-state index in [2.05, 4.69) is 10.4 Å². The van der Waals surface area contributed by atoms with Crippen molar-refractivity contribution in [2.24, 2.45) is 0 Å². The zero-order chi connectivity index (χ0) is 16.7. The van der Waals surface area contributed by atoms with Gasteiger partial charge in [-0.25, -0.2) is 9.07 Å². The van der Waals surface area contributed by atoms with Gasteiger partial charge in [0.15, 0.2) is 0 Å². The molecule has 2 aromatic carbocycles. The fraction of sp³-hybridized carbons (Fsp3) is 0.158. The third-order valence-corrected chi connectivity index (χ3v) is 4.49. The Bertz CT molecular complexity index is 929. The summed E-state index contributed by atoms with van der Waals surface area (Å²) in [4.78, 5) is 10.7. The number of carbonyl (C=O) groups is 1. The van der Waals surface area contributed by atoms with E-state index < -0.39 is 0 Å². The maximum absolute atomic E-state index is 13.3. The number of rotatable bonds is 3. The van der Waals surface area contributed by atoms with Crippen LogP contribution in [-0.2, 0) is 17.6 Å². The fourth-order valence-corrected chi connectivity index (χ4v) is 3.34. The topological polar surface area (TPSA) is 46.9 Å². The molecule has 0 saturated carbocycles. The van der Waals surface area contributed by atoms with Gasteiger partial charge in [-0.2, -0.15) is 5.10 Å². The predicted molar refractivity (Wildman–Crippen MR) is 90.8 cm³/mol. The summed E-state index contributed by atoms with van der Waals surface area (Å²) in [5, 5.41) is 7.37. The van der Waals surface area contributed by atoms with Crippen LogP contribution in [0.3, 0.4) is 0 Å². The molecule has 0 unspecified atom stereocenters. The number of halogens is 1. The number of nitrogens with one attached hydrogen (secondary N) is 1. The van der Waals surface area contributed by atoms with Crippen molar-refractivity contribution in [3.8, 4) is 16.9 Å². The van der Waals surface area contributed by atoms with E-state index in [4.69, 9.17) is 0 Å². The Morgan fingerprint density at radius 2 is 1.96 bits per heavy atom. The summed E-state index contributed by atoms with van der Waals surface area (Å²) in [6.45, 7) is 2.00. The number of hydrogen-bond donors (Lipinski definition) is 1. The minimum atomic E-state index is -0.269. The van der Waals surface area contributed by atoms with Gasteiger partial charge < -0.3 is 5.32 Å². The first-order valence-corrected chi connectivity index (χ1v) is 7.85. The summed E-state index contributed by atoms with van der Waals surface area (Å²) in [5.74, 6) is -0.269. The lowest BCUT2D eigenvalue weighted by molar-refractivity contribution is -0.105. The van der Waals surface area contributed by atoms with Crippen LogP contribution in [-0.4, -0.2) is 16.2 Å². The van der Waals surface area contributed by atoms with Crippen LogP contribution in [0.25, 0.3) is 16.9 Å². The fourth-order valence-electron chi connectivity index (χ4n) is 3.34. The summed E-state index contributed by atoms with van der Waals surface area (Å²) in [5.41, 5.74) is 7.07. The van der Waals surface area contributed by atoms with Crippen molar-refractivity contribution in [1.82, 2.24) is 9.78 Å². The van der Waals surface area contributed by atoms with Crippen molar-refractivity contribution in [2.45, 2.75) is 19.8 Å². The highest BCUT2D eigenvalue weighted by molar-refractivity contribution is 5.79. The van der Waals surface area contributed by atoms with Gasteiger partial charge in [-0.3, -0.25) is 4.79 Å². The summed E-state index contributed by atoms with van der Waals surface area (Å²) in [6, 6.07) is 12.3. The predicted octanol–water partition coefficient (Wildman–Crippen LogP) is 3.65. The summed E-state index contributed by atoms with van der Waals surface area (Å²) in [7, 11) is 0. The molecule has 120 valence electrons. The van der Waals surface area contributed by atoms with Crippen LogP contribution in [0.1, 0.15) is 16.8 Å². The second-order valence-corrected chi connectivity index (χ2v) is 5.93. The molecule has 0 aliphatic heterocycles. The number of benzene rings is 2. The van der Waals surface area contributed by atoms with Crippen LogP contribution in [0.15, 0.2) is 42.5 Å². The zero-order valence-corrected chi connectivity index (χ0v) is 13.2.